The Balaban J connectivity index is 1.72. The maximum Gasteiger partial charge on any atom is 0.231 e. The summed E-state index contributed by atoms with van der Waals surface area (Å²) < 4.78 is 10.6. The first-order valence-electron chi connectivity index (χ1n) is 6.48. The van der Waals surface area contributed by atoms with E-state index in [4.69, 9.17) is 15.2 Å². The van der Waals surface area contributed by atoms with Gasteiger partial charge in [-0.2, -0.15) is 0 Å². The van der Waals surface area contributed by atoms with E-state index in [0.717, 1.165) is 22.5 Å². The largest absolute Gasteiger partial charge is 0.454 e. The summed E-state index contributed by atoms with van der Waals surface area (Å²) in [5.74, 6) is 2.31. The van der Waals surface area contributed by atoms with Gasteiger partial charge in [0.15, 0.2) is 23.1 Å². The van der Waals surface area contributed by atoms with Crippen LogP contribution in [0.4, 0.5) is 17.3 Å². The molecule has 1 aromatic heterocycles. The Morgan fingerprint density at radius 3 is 2.57 bits per heavy atom. The molecule has 0 bridgehead atoms. The first-order chi connectivity index (χ1) is 10.3. The molecule has 3 N–H and O–H groups in total. The van der Waals surface area contributed by atoms with E-state index in [1.807, 2.05) is 42.5 Å². The van der Waals surface area contributed by atoms with Crippen molar-refractivity contribution in [3.8, 4) is 11.5 Å². The number of para-hydroxylation sites is 2. The third-order valence-corrected chi connectivity index (χ3v) is 3.23. The zero-order chi connectivity index (χ0) is 14.2. The summed E-state index contributed by atoms with van der Waals surface area (Å²) in [7, 11) is 0. The van der Waals surface area contributed by atoms with Crippen molar-refractivity contribution >= 4 is 28.4 Å². The minimum Gasteiger partial charge on any atom is -0.454 e. The second-order valence-corrected chi connectivity index (χ2v) is 4.64. The number of fused-ring (bicyclic) bond motifs is 2. The van der Waals surface area contributed by atoms with Crippen LogP contribution in [-0.4, -0.2) is 16.8 Å². The van der Waals surface area contributed by atoms with E-state index in [1.165, 1.54) is 0 Å². The van der Waals surface area contributed by atoms with Gasteiger partial charge in [-0.25, -0.2) is 9.97 Å². The number of nitrogens with one attached hydrogen (secondary N) is 1. The second-order valence-electron chi connectivity index (χ2n) is 4.64. The number of anilines is 3. The predicted molar refractivity (Wildman–Crippen MR) is 79.8 cm³/mol. The number of aromatic nitrogens is 2. The molecule has 104 valence electrons. The molecule has 2 heterocycles. The fourth-order valence-corrected chi connectivity index (χ4v) is 2.22. The molecule has 3 aromatic rings. The minimum atomic E-state index is 0.247. The number of hydrogen-bond donors (Lipinski definition) is 2. The highest BCUT2D eigenvalue weighted by atomic mass is 16.7. The van der Waals surface area contributed by atoms with Crippen LogP contribution in [0.3, 0.4) is 0 Å². The van der Waals surface area contributed by atoms with Crippen LogP contribution in [0.15, 0.2) is 42.5 Å². The topological polar surface area (TPSA) is 82.3 Å². The molecule has 0 unspecified atom stereocenters. The van der Waals surface area contributed by atoms with Crippen molar-refractivity contribution < 1.29 is 9.47 Å². The van der Waals surface area contributed by atoms with Crippen molar-refractivity contribution in [1.82, 2.24) is 9.97 Å². The van der Waals surface area contributed by atoms with Crippen LogP contribution in [-0.2, 0) is 0 Å². The first-order valence-corrected chi connectivity index (χ1v) is 6.48. The molecule has 0 aliphatic carbocycles. The molecule has 0 radical (unpaired) electrons. The van der Waals surface area contributed by atoms with Gasteiger partial charge in [-0.1, -0.05) is 12.1 Å². The van der Waals surface area contributed by atoms with E-state index in [0.29, 0.717) is 17.4 Å². The van der Waals surface area contributed by atoms with Gasteiger partial charge in [-0.05, 0) is 24.3 Å². The summed E-state index contributed by atoms with van der Waals surface area (Å²) in [6.07, 6.45) is 0. The summed E-state index contributed by atoms with van der Waals surface area (Å²) >= 11 is 0. The van der Waals surface area contributed by atoms with Gasteiger partial charge < -0.3 is 20.5 Å². The van der Waals surface area contributed by atoms with Crippen LogP contribution in [0.5, 0.6) is 11.5 Å². The molecule has 6 nitrogen and oxygen atoms in total. The lowest BCUT2D eigenvalue weighted by atomic mass is 10.2. The van der Waals surface area contributed by atoms with Gasteiger partial charge in [0.25, 0.3) is 0 Å². The predicted octanol–water partition coefficient (Wildman–Crippen LogP) is 2.68. The fourth-order valence-electron chi connectivity index (χ4n) is 2.22. The van der Waals surface area contributed by atoms with Crippen LogP contribution in [0.1, 0.15) is 0 Å². The molecule has 4 rings (SSSR count). The van der Waals surface area contributed by atoms with Crippen LogP contribution in [0, 0.1) is 0 Å². The summed E-state index contributed by atoms with van der Waals surface area (Å²) in [4.78, 5) is 8.83. The number of ether oxygens (including phenoxy) is 2. The summed E-state index contributed by atoms with van der Waals surface area (Å²) in [6, 6.07) is 13.2. The lowest BCUT2D eigenvalue weighted by Crippen LogP contribution is -2.02. The Morgan fingerprint density at radius 2 is 1.71 bits per heavy atom. The number of hydrogen-bond acceptors (Lipinski definition) is 6. The fraction of sp³-hybridized carbons (Fsp3) is 0.0667. The van der Waals surface area contributed by atoms with Crippen molar-refractivity contribution in [3.05, 3.63) is 42.5 Å². The van der Waals surface area contributed by atoms with Gasteiger partial charge in [-0.15, -0.1) is 0 Å². The highest BCUT2D eigenvalue weighted by Crippen LogP contribution is 2.35. The highest BCUT2D eigenvalue weighted by Gasteiger charge is 2.14. The third kappa shape index (κ3) is 2.06. The van der Waals surface area contributed by atoms with E-state index in [9.17, 15) is 0 Å². The summed E-state index contributed by atoms with van der Waals surface area (Å²) in [5.41, 5.74) is 8.33. The van der Waals surface area contributed by atoms with Gasteiger partial charge in [0.05, 0.1) is 11.0 Å². The summed E-state index contributed by atoms with van der Waals surface area (Å²) in [6.45, 7) is 0.247. The average Bonchev–Trinajstić information content (AvgIpc) is 2.95. The van der Waals surface area contributed by atoms with Gasteiger partial charge in [0, 0.05) is 11.8 Å². The first kappa shape index (κ1) is 11.8. The maximum absolute atomic E-state index is 5.96. The molecule has 21 heavy (non-hydrogen) atoms. The molecule has 0 atom stereocenters. The van der Waals surface area contributed by atoms with Gasteiger partial charge in [0.2, 0.25) is 6.79 Å². The SMILES string of the molecule is Nc1nc2ccccc2nc1Nc1ccc2c(c1)OCO2. The molecule has 0 fully saturated rings. The zero-order valence-electron chi connectivity index (χ0n) is 11.0. The molecule has 6 heteroatoms. The Hall–Kier alpha value is -3.02. The Labute approximate surface area is 120 Å². The monoisotopic (exact) mass is 280 g/mol. The normalized spacial score (nSPS) is 12.6. The standard InChI is InChI=1S/C15H12N4O2/c16-14-15(19-11-4-2-1-3-10(11)18-14)17-9-5-6-12-13(7-9)21-8-20-12/h1-7H,8H2,(H2,16,18)(H,17,19). The second kappa shape index (κ2) is 4.52. The molecular formula is C15H12N4O2. The highest BCUT2D eigenvalue weighted by molar-refractivity contribution is 5.81. The van der Waals surface area contributed by atoms with E-state index in [-0.39, 0.29) is 6.79 Å². The number of benzene rings is 2. The molecule has 1 aliphatic heterocycles. The quantitative estimate of drug-likeness (QED) is 0.751. The van der Waals surface area contributed by atoms with Crippen LogP contribution >= 0.6 is 0 Å². The maximum atomic E-state index is 5.96. The average molecular weight is 280 g/mol. The third-order valence-electron chi connectivity index (χ3n) is 3.23. The van der Waals surface area contributed by atoms with Crippen LogP contribution in [0.2, 0.25) is 0 Å². The molecule has 0 amide bonds. The van der Waals surface area contributed by atoms with Crippen molar-refractivity contribution in [3.63, 3.8) is 0 Å². The Kier molecular flexibility index (Phi) is 2.53. The van der Waals surface area contributed by atoms with Crippen molar-refractivity contribution in [2.45, 2.75) is 0 Å². The number of nitrogens with two attached hydrogens (primary N) is 1. The number of nitrogen functional groups attached to an aromatic ring is 1. The molecule has 0 saturated carbocycles. The molecule has 2 aromatic carbocycles. The lowest BCUT2D eigenvalue weighted by Gasteiger charge is -2.09. The zero-order valence-corrected chi connectivity index (χ0v) is 11.0. The molecule has 0 saturated heterocycles. The van der Waals surface area contributed by atoms with Gasteiger partial charge >= 0.3 is 0 Å². The van der Waals surface area contributed by atoms with Gasteiger partial charge in [0.1, 0.15) is 0 Å². The van der Waals surface area contributed by atoms with Crippen molar-refractivity contribution in [2.75, 3.05) is 17.8 Å². The van der Waals surface area contributed by atoms with E-state index < -0.39 is 0 Å². The van der Waals surface area contributed by atoms with Crippen molar-refractivity contribution in [2.24, 2.45) is 0 Å². The van der Waals surface area contributed by atoms with E-state index >= 15 is 0 Å². The smallest absolute Gasteiger partial charge is 0.231 e. The van der Waals surface area contributed by atoms with E-state index in [1.54, 1.807) is 0 Å². The number of nitrogens with zero attached hydrogens (tertiary/aromatic N) is 2. The summed E-state index contributed by atoms with van der Waals surface area (Å²) in [5, 5.41) is 3.16. The Morgan fingerprint density at radius 1 is 0.952 bits per heavy atom. The van der Waals surface area contributed by atoms with Gasteiger partial charge in [-0.3, -0.25) is 0 Å². The Bertz CT molecular complexity index is 835. The van der Waals surface area contributed by atoms with Crippen LogP contribution < -0.4 is 20.5 Å². The van der Waals surface area contributed by atoms with Crippen LogP contribution in [0.25, 0.3) is 11.0 Å². The van der Waals surface area contributed by atoms with E-state index in [2.05, 4.69) is 15.3 Å². The molecule has 0 spiro atoms. The lowest BCUT2D eigenvalue weighted by molar-refractivity contribution is 0.174. The number of rotatable bonds is 2. The molecule has 1 aliphatic rings. The molecular weight excluding hydrogens is 268 g/mol. The van der Waals surface area contributed by atoms with Crippen molar-refractivity contribution in [1.29, 1.82) is 0 Å². The minimum absolute atomic E-state index is 0.247.